The van der Waals surface area contributed by atoms with E-state index in [0.717, 1.165) is 55.2 Å². The van der Waals surface area contributed by atoms with Crippen molar-refractivity contribution in [3.8, 4) is 11.5 Å². The fraction of sp³-hybridized carbons (Fsp3) is 0.400. The number of halogens is 1. The average molecular weight is 405 g/mol. The van der Waals surface area contributed by atoms with Gasteiger partial charge < -0.3 is 9.47 Å². The normalized spacial score (nSPS) is 16.0. The summed E-state index contributed by atoms with van der Waals surface area (Å²) < 4.78 is 11.6. The molecular formula is C20H25BrN2O2. The lowest BCUT2D eigenvalue weighted by Crippen LogP contribution is -2.45. The maximum Gasteiger partial charge on any atom is 0.133 e. The molecule has 2 aromatic rings. The van der Waals surface area contributed by atoms with Gasteiger partial charge in [0, 0.05) is 39.3 Å². The van der Waals surface area contributed by atoms with Gasteiger partial charge in [-0.05, 0) is 51.3 Å². The van der Waals surface area contributed by atoms with E-state index < -0.39 is 0 Å². The first-order valence-corrected chi connectivity index (χ1v) is 9.37. The molecule has 0 bridgehead atoms. The first-order chi connectivity index (χ1) is 12.2. The van der Waals surface area contributed by atoms with E-state index >= 15 is 0 Å². The number of piperazine rings is 1. The molecule has 1 aliphatic rings. The fourth-order valence-electron chi connectivity index (χ4n) is 3.20. The highest BCUT2D eigenvalue weighted by atomic mass is 79.9. The van der Waals surface area contributed by atoms with E-state index in [4.69, 9.17) is 9.47 Å². The number of hydrogen-bond donors (Lipinski definition) is 0. The lowest BCUT2D eigenvalue weighted by atomic mass is 10.1. The van der Waals surface area contributed by atoms with E-state index in [1.807, 2.05) is 12.1 Å². The minimum atomic E-state index is 0.881. The summed E-state index contributed by atoms with van der Waals surface area (Å²) in [6, 6.07) is 14.7. The third-order valence-electron chi connectivity index (χ3n) is 4.63. The second-order valence-electron chi connectivity index (χ2n) is 6.37. The molecule has 1 fully saturated rings. The first-order valence-electron chi connectivity index (χ1n) is 8.58. The minimum Gasteiger partial charge on any atom is -0.497 e. The summed E-state index contributed by atoms with van der Waals surface area (Å²) in [6.45, 7) is 6.33. The summed E-state index contributed by atoms with van der Waals surface area (Å²) in [5.74, 6) is 1.81. The van der Waals surface area contributed by atoms with Crippen molar-refractivity contribution in [2.24, 2.45) is 0 Å². The second-order valence-corrected chi connectivity index (χ2v) is 7.23. The molecule has 0 spiro atoms. The molecule has 0 N–H and O–H groups in total. The maximum absolute atomic E-state index is 5.31. The molecule has 5 heteroatoms. The largest absolute Gasteiger partial charge is 0.497 e. The smallest absolute Gasteiger partial charge is 0.133 e. The standard InChI is InChI=1S/C20H25BrN2O2/c1-24-18-5-3-4-16(12-18)14-22-8-10-23(11-9-22)15-17-6-7-20(25-2)19(21)13-17/h3-7,12-13H,8-11,14-15H2,1-2H3. The molecule has 0 atom stereocenters. The molecule has 3 rings (SSSR count). The fourth-order valence-corrected chi connectivity index (χ4v) is 3.79. The molecule has 0 saturated carbocycles. The lowest BCUT2D eigenvalue weighted by molar-refractivity contribution is 0.122. The molecule has 0 aliphatic carbocycles. The summed E-state index contributed by atoms with van der Waals surface area (Å²) in [5, 5.41) is 0. The van der Waals surface area contributed by atoms with Crippen molar-refractivity contribution in [2.45, 2.75) is 13.1 Å². The summed E-state index contributed by atoms with van der Waals surface area (Å²) in [5.41, 5.74) is 2.63. The monoisotopic (exact) mass is 404 g/mol. The predicted octanol–water partition coefficient (Wildman–Crippen LogP) is 3.78. The van der Waals surface area contributed by atoms with Crippen LogP contribution in [0.2, 0.25) is 0 Å². The van der Waals surface area contributed by atoms with Gasteiger partial charge in [0.1, 0.15) is 11.5 Å². The van der Waals surface area contributed by atoms with E-state index in [-0.39, 0.29) is 0 Å². The van der Waals surface area contributed by atoms with Gasteiger partial charge in [0.15, 0.2) is 0 Å². The number of nitrogens with zero attached hydrogens (tertiary/aromatic N) is 2. The highest BCUT2D eigenvalue weighted by Gasteiger charge is 2.17. The van der Waals surface area contributed by atoms with Crippen LogP contribution in [0.4, 0.5) is 0 Å². The van der Waals surface area contributed by atoms with E-state index in [1.165, 1.54) is 11.1 Å². The Morgan fingerprint density at radius 3 is 2.04 bits per heavy atom. The van der Waals surface area contributed by atoms with Crippen LogP contribution in [0.1, 0.15) is 11.1 Å². The molecule has 25 heavy (non-hydrogen) atoms. The SMILES string of the molecule is COc1cccc(CN2CCN(Cc3ccc(OC)c(Br)c3)CC2)c1. The van der Waals surface area contributed by atoms with Crippen molar-refractivity contribution in [1.29, 1.82) is 0 Å². The van der Waals surface area contributed by atoms with Gasteiger partial charge in [-0.3, -0.25) is 9.80 Å². The molecule has 1 heterocycles. The van der Waals surface area contributed by atoms with Crippen molar-refractivity contribution in [3.05, 3.63) is 58.1 Å². The van der Waals surface area contributed by atoms with Gasteiger partial charge in [-0.25, -0.2) is 0 Å². The van der Waals surface area contributed by atoms with Crippen LogP contribution in [-0.4, -0.2) is 50.2 Å². The topological polar surface area (TPSA) is 24.9 Å². The van der Waals surface area contributed by atoms with Crippen LogP contribution >= 0.6 is 15.9 Å². The van der Waals surface area contributed by atoms with Crippen molar-refractivity contribution >= 4 is 15.9 Å². The third kappa shape index (κ3) is 4.97. The summed E-state index contributed by atoms with van der Waals surface area (Å²) in [6.07, 6.45) is 0. The lowest BCUT2D eigenvalue weighted by Gasteiger charge is -2.34. The Labute approximate surface area is 158 Å². The second kappa shape index (κ2) is 8.70. The highest BCUT2D eigenvalue weighted by Crippen LogP contribution is 2.26. The van der Waals surface area contributed by atoms with E-state index in [1.54, 1.807) is 14.2 Å². The molecule has 1 aliphatic heterocycles. The molecule has 2 aromatic carbocycles. The summed E-state index contributed by atoms with van der Waals surface area (Å²) in [7, 11) is 3.41. The van der Waals surface area contributed by atoms with Gasteiger partial charge in [-0.1, -0.05) is 18.2 Å². The first kappa shape index (κ1) is 18.2. The van der Waals surface area contributed by atoms with Gasteiger partial charge in [-0.15, -0.1) is 0 Å². The summed E-state index contributed by atoms with van der Waals surface area (Å²) in [4.78, 5) is 5.02. The molecule has 4 nitrogen and oxygen atoms in total. The van der Waals surface area contributed by atoms with Crippen LogP contribution in [0.25, 0.3) is 0 Å². The van der Waals surface area contributed by atoms with Crippen molar-refractivity contribution in [1.82, 2.24) is 9.80 Å². The Morgan fingerprint density at radius 1 is 0.840 bits per heavy atom. The Bertz CT molecular complexity index is 700. The Hall–Kier alpha value is -1.56. The van der Waals surface area contributed by atoms with Crippen LogP contribution in [0.3, 0.4) is 0 Å². The molecule has 0 aromatic heterocycles. The van der Waals surface area contributed by atoms with E-state index in [0.29, 0.717) is 0 Å². The van der Waals surface area contributed by atoms with Gasteiger partial charge in [0.05, 0.1) is 18.7 Å². The molecule has 134 valence electrons. The van der Waals surface area contributed by atoms with E-state index in [9.17, 15) is 0 Å². The van der Waals surface area contributed by atoms with Gasteiger partial charge in [0.2, 0.25) is 0 Å². The third-order valence-corrected chi connectivity index (χ3v) is 5.25. The van der Waals surface area contributed by atoms with Crippen LogP contribution in [0.5, 0.6) is 11.5 Å². The van der Waals surface area contributed by atoms with Gasteiger partial charge in [0.25, 0.3) is 0 Å². The predicted molar refractivity (Wildman–Crippen MR) is 104 cm³/mol. The van der Waals surface area contributed by atoms with Gasteiger partial charge >= 0.3 is 0 Å². The Kier molecular flexibility index (Phi) is 6.34. The molecular weight excluding hydrogens is 380 g/mol. The quantitative estimate of drug-likeness (QED) is 0.730. The molecule has 1 saturated heterocycles. The Balaban J connectivity index is 1.50. The number of ether oxygens (including phenoxy) is 2. The van der Waals surface area contributed by atoms with Crippen molar-refractivity contribution < 1.29 is 9.47 Å². The van der Waals surface area contributed by atoms with Crippen molar-refractivity contribution in [3.63, 3.8) is 0 Å². The Morgan fingerprint density at radius 2 is 1.48 bits per heavy atom. The van der Waals surface area contributed by atoms with Crippen LogP contribution < -0.4 is 9.47 Å². The van der Waals surface area contributed by atoms with Gasteiger partial charge in [-0.2, -0.15) is 0 Å². The zero-order valence-electron chi connectivity index (χ0n) is 14.9. The number of methoxy groups -OCH3 is 2. The maximum atomic E-state index is 5.31. The van der Waals surface area contributed by atoms with Crippen LogP contribution in [-0.2, 0) is 13.1 Å². The van der Waals surface area contributed by atoms with Crippen molar-refractivity contribution in [2.75, 3.05) is 40.4 Å². The number of hydrogen-bond acceptors (Lipinski definition) is 4. The minimum absolute atomic E-state index is 0.881. The van der Waals surface area contributed by atoms with E-state index in [2.05, 4.69) is 56.1 Å². The zero-order chi connectivity index (χ0) is 17.6. The number of benzene rings is 2. The number of rotatable bonds is 6. The summed E-state index contributed by atoms with van der Waals surface area (Å²) >= 11 is 3.57. The molecule has 0 unspecified atom stereocenters. The van der Waals surface area contributed by atoms with Crippen LogP contribution in [0.15, 0.2) is 46.9 Å². The highest BCUT2D eigenvalue weighted by molar-refractivity contribution is 9.10. The zero-order valence-corrected chi connectivity index (χ0v) is 16.5. The molecule has 0 radical (unpaired) electrons. The molecule has 0 amide bonds. The van der Waals surface area contributed by atoms with Crippen LogP contribution in [0, 0.1) is 0 Å². The average Bonchev–Trinajstić information content (AvgIpc) is 2.64.